The Morgan fingerprint density at radius 3 is 1.77 bits per heavy atom. The van der Waals surface area contributed by atoms with Crippen molar-refractivity contribution >= 4 is 47.7 Å². The summed E-state index contributed by atoms with van der Waals surface area (Å²) in [5, 5.41) is -0.955. The first-order valence-electron chi connectivity index (χ1n) is 2.99. The normalized spacial score (nSPS) is 11.8. The highest BCUT2D eigenvalue weighted by Gasteiger charge is 2.10. The summed E-state index contributed by atoms with van der Waals surface area (Å²) < 4.78 is 10.6. The average molecular weight is 259 g/mol. The number of hydrogen-bond donors (Lipinski definition) is 0. The molecule has 0 fully saturated rings. The van der Waals surface area contributed by atoms with Crippen LogP contribution in [-0.4, -0.2) is 0 Å². The van der Waals surface area contributed by atoms with Crippen LogP contribution in [0.1, 0.15) is 0 Å². The van der Waals surface area contributed by atoms with E-state index < -0.39 is 12.9 Å². The molecule has 1 aromatic carbocycles. The van der Waals surface area contributed by atoms with Gasteiger partial charge in [0, 0.05) is 10.3 Å². The van der Waals surface area contributed by atoms with E-state index >= 15 is 0 Å². The van der Waals surface area contributed by atoms with Crippen molar-refractivity contribution in [2.45, 2.75) is 0 Å². The van der Waals surface area contributed by atoms with Gasteiger partial charge in [0.1, 0.15) is 0 Å². The first kappa shape index (κ1) is 11.3. The lowest BCUT2D eigenvalue weighted by molar-refractivity contribution is -0.307. The van der Waals surface area contributed by atoms with Crippen LogP contribution in [0, 0.1) is 0 Å². The van der Waals surface area contributed by atoms with Crippen molar-refractivity contribution in [1.82, 2.24) is 0 Å². The Bertz CT molecular complexity index is 364. The van der Waals surface area contributed by atoms with Gasteiger partial charge in [-0.2, -0.15) is 0 Å². The van der Waals surface area contributed by atoms with Crippen LogP contribution in [0.25, 0.3) is 0 Å². The molecule has 0 saturated heterocycles. The largest absolute Gasteiger partial charge is 0.807 e. The fraction of sp³-hybridized carbons (Fsp3) is 0. The van der Waals surface area contributed by atoms with Gasteiger partial charge in [0.05, 0.1) is 10.0 Å². The van der Waals surface area contributed by atoms with Crippen LogP contribution in [0.3, 0.4) is 0 Å². The second kappa shape index (κ2) is 3.77. The topological polar surface area (TPSA) is 63.2 Å². The lowest BCUT2D eigenvalue weighted by atomic mass is 10.4. The van der Waals surface area contributed by atoms with Crippen LogP contribution < -0.4 is 15.1 Å². The molecular formula is C6H2Cl3O3P-2. The van der Waals surface area contributed by atoms with Gasteiger partial charge in [-0.05, 0) is 19.7 Å². The van der Waals surface area contributed by atoms with Gasteiger partial charge in [-0.15, -0.1) is 0 Å². The van der Waals surface area contributed by atoms with Crippen LogP contribution in [-0.2, 0) is 4.57 Å². The van der Waals surface area contributed by atoms with E-state index in [2.05, 4.69) is 0 Å². The maximum Gasteiger partial charge on any atom is 0.0519 e. The molecule has 3 nitrogen and oxygen atoms in total. The van der Waals surface area contributed by atoms with E-state index in [9.17, 15) is 14.4 Å². The Hall–Kier alpha value is 0.240. The molecule has 72 valence electrons. The summed E-state index contributed by atoms with van der Waals surface area (Å²) in [6, 6.07) is 2.29. The Kier molecular flexibility index (Phi) is 3.29. The molecule has 0 unspecified atom stereocenters. The summed E-state index contributed by atoms with van der Waals surface area (Å²) in [7, 11) is -4.94. The Balaban J connectivity index is 3.47. The maximum atomic E-state index is 10.6. The van der Waals surface area contributed by atoms with Crippen molar-refractivity contribution < 1.29 is 14.4 Å². The molecule has 7 heteroatoms. The van der Waals surface area contributed by atoms with E-state index in [1.807, 2.05) is 0 Å². The van der Waals surface area contributed by atoms with Crippen molar-refractivity contribution in [2.24, 2.45) is 0 Å². The molecule has 0 atom stereocenters. The van der Waals surface area contributed by atoms with Crippen LogP contribution in [0.5, 0.6) is 0 Å². The van der Waals surface area contributed by atoms with Gasteiger partial charge in [-0.1, -0.05) is 34.8 Å². The Morgan fingerprint density at radius 1 is 1.08 bits per heavy atom. The zero-order valence-corrected chi connectivity index (χ0v) is 9.12. The van der Waals surface area contributed by atoms with E-state index in [-0.39, 0.29) is 15.1 Å². The zero-order chi connectivity index (χ0) is 10.2. The highest BCUT2D eigenvalue weighted by atomic mass is 35.5. The quantitative estimate of drug-likeness (QED) is 0.712. The number of rotatable bonds is 1. The SMILES string of the molecule is O=P([O-])([O-])c1c(Cl)cc(Cl)cc1Cl. The number of benzene rings is 1. The molecule has 13 heavy (non-hydrogen) atoms. The number of hydrogen-bond acceptors (Lipinski definition) is 3. The molecule has 0 aliphatic rings. The van der Waals surface area contributed by atoms with Gasteiger partial charge in [-0.25, -0.2) is 0 Å². The number of halogens is 3. The van der Waals surface area contributed by atoms with E-state index in [0.717, 1.165) is 12.1 Å². The van der Waals surface area contributed by atoms with Crippen LogP contribution in [0.2, 0.25) is 15.1 Å². The standard InChI is InChI=1S/C6H4Cl3O3P/c7-3-1-4(8)6(5(9)2-3)13(10,11)12/h1-2H,(H2,10,11,12)/p-2. The van der Waals surface area contributed by atoms with Gasteiger partial charge in [0.15, 0.2) is 0 Å². The molecule has 0 radical (unpaired) electrons. The molecule has 0 aromatic heterocycles. The van der Waals surface area contributed by atoms with Gasteiger partial charge in [0.25, 0.3) is 0 Å². The fourth-order valence-electron chi connectivity index (χ4n) is 0.796. The van der Waals surface area contributed by atoms with Crippen molar-refractivity contribution in [3.63, 3.8) is 0 Å². The fourth-order valence-corrected chi connectivity index (χ4v) is 2.89. The first-order chi connectivity index (χ1) is 5.82. The molecule has 1 rings (SSSR count). The minimum absolute atomic E-state index is 0.173. The van der Waals surface area contributed by atoms with E-state index in [1.165, 1.54) is 0 Å². The van der Waals surface area contributed by atoms with E-state index in [1.54, 1.807) is 0 Å². The van der Waals surface area contributed by atoms with Gasteiger partial charge in [0.2, 0.25) is 0 Å². The Morgan fingerprint density at radius 2 is 1.46 bits per heavy atom. The molecule has 0 bridgehead atoms. The van der Waals surface area contributed by atoms with E-state index in [0.29, 0.717) is 0 Å². The third-order valence-electron chi connectivity index (χ3n) is 1.26. The van der Waals surface area contributed by atoms with Crippen molar-refractivity contribution in [3.8, 4) is 0 Å². The maximum absolute atomic E-state index is 10.6. The molecule has 0 spiro atoms. The molecule has 0 heterocycles. The Labute approximate surface area is 89.4 Å². The summed E-state index contributed by atoms with van der Waals surface area (Å²) in [6.07, 6.45) is 0. The summed E-state index contributed by atoms with van der Waals surface area (Å²) in [4.78, 5) is 21.3. The van der Waals surface area contributed by atoms with E-state index in [4.69, 9.17) is 34.8 Å². The average Bonchev–Trinajstić information content (AvgIpc) is 1.78. The summed E-state index contributed by atoms with van der Waals surface area (Å²) in [6.45, 7) is 0. The summed E-state index contributed by atoms with van der Waals surface area (Å²) in [5.41, 5.74) is 0. The third kappa shape index (κ3) is 2.59. The zero-order valence-electron chi connectivity index (χ0n) is 5.96. The minimum atomic E-state index is -4.94. The molecule has 0 aliphatic carbocycles. The summed E-state index contributed by atoms with van der Waals surface area (Å²) in [5.74, 6) is 0. The van der Waals surface area contributed by atoms with Crippen LogP contribution in [0.15, 0.2) is 12.1 Å². The second-order valence-corrected chi connectivity index (χ2v) is 4.91. The predicted molar refractivity (Wildman–Crippen MR) is 48.7 cm³/mol. The van der Waals surface area contributed by atoms with Gasteiger partial charge in [-0.3, -0.25) is 0 Å². The van der Waals surface area contributed by atoms with Crippen molar-refractivity contribution in [3.05, 3.63) is 27.2 Å². The highest BCUT2D eigenvalue weighted by Crippen LogP contribution is 2.33. The molecule has 0 N–H and O–H groups in total. The highest BCUT2D eigenvalue weighted by molar-refractivity contribution is 7.58. The van der Waals surface area contributed by atoms with Crippen molar-refractivity contribution in [1.29, 1.82) is 0 Å². The lowest BCUT2D eigenvalue weighted by Gasteiger charge is -2.31. The monoisotopic (exact) mass is 258 g/mol. The molecular weight excluding hydrogens is 257 g/mol. The molecule has 1 aromatic rings. The molecule has 0 saturated carbocycles. The van der Waals surface area contributed by atoms with Gasteiger partial charge >= 0.3 is 0 Å². The second-order valence-electron chi connectivity index (χ2n) is 2.22. The predicted octanol–water partition coefficient (Wildman–Crippen LogP) is 1.19. The van der Waals surface area contributed by atoms with Crippen LogP contribution >= 0.6 is 42.4 Å². The van der Waals surface area contributed by atoms with Crippen LogP contribution in [0.4, 0.5) is 0 Å². The summed E-state index contributed by atoms with van der Waals surface area (Å²) >= 11 is 16.5. The molecule has 0 amide bonds. The smallest absolute Gasteiger partial charge is 0.0519 e. The van der Waals surface area contributed by atoms with Crippen molar-refractivity contribution in [2.75, 3.05) is 0 Å². The minimum Gasteiger partial charge on any atom is -0.807 e. The molecule has 0 aliphatic heterocycles. The van der Waals surface area contributed by atoms with Gasteiger partial charge < -0.3 is 14.4 Å². The lowest BCUT2D eigenvalue weighted by Crippen LogP contribution is -2.26. The third-order valence-corrected chi connectivity index (χ3v) is 3.36. The first-order valence-corrected chi connectivity index (χ1v) is 5.67.